The van der Waals surface area contributed by atoms with E-state index < -0.39 is 0 Å². The predicted octanol–water partition coefficient (Wildman–Crippen LogP) is 10.4. The number of nitrogens with zero attached hydrogens (tertiary/aromatic N) is 3. The monoisotopic (exact) mass is 630 g/mol. The lowest BCUT2D eigenvalue weighted by molar-refractivity contribution is 1.17. The largest absolute Gasteiger partial charge is 0.397 e. The molecule has 0 bridgehead atoms. The molecular formula is C45H34N4. The number of allylic oxidation sites excluding steroid dienone is 1. The summed E-state index contributed by atoms with van der Waals surface area (Å²) in [6, 6.07) is 52.6. The standard InChI is InChI=1S/C45H34N4/c1-48-41-15-7-3-11-34(41)38(35-12-4-8-16-42(35)48)27-30-19-23-32(24-20-30)40(29-46)45(47)33-25-21-31(22-26-33)28-39-36-13-5-9-17-43(36)49(2)44-18-10-6-14-37(39)44/h3-28H,47H2,1-2H3/b45-40-. The Kier molecular flexibility index (Phi) is 7.44. The van der Waals surface area contributed by atoms with Gasteiger partial charge in [0.1, 0.15) is 6.07 Å². The molecule has 6 aromatic carbocycles. The van der Waals surface area contributed by atoms with Crippen LogP contribution in [0.5, 0.6) is 0 Å². The average molecular weight is 631 g/mol. The van der Waals surface area contributed by atoms with Crippen molar-refractivity contribution < 1.29 is 0 Å². The Labute approximate surface area is 287 Å². The minimum absolute atomic E-state index is 0.457. The molecule has 0 amide bonds. The van der Waals surface area contributed by atoms with Gasteiger partial charge in [-0.05, 0) is 69.8 Å². The maximum atomic E-state index is 10.2. The summed E-state index contributed by atoms with van der Waals surface area (Å²) >= 11 is 0. The zero-order valence-corrected chi connectivity index (χ0v) is 27.4. The molecule has 8 rings (SSSR count). The molecule has 2 heterocycles. The molecule has 234 valence electrons. The van der Waals surface area contributed by atoms with Gasteiger partial charge >= 0.3 is 0 Å². The van der Waals surface area contributed by atoms with Gasteiger partial charge < -0.3 is 15.5 Å². The van der Waals surface area contributed by atoms with E-state index >= 15 is 0 Å². The van der Waals surface area contributed by atoms with Gasteiger partial charge in [-0.3, -0.25) is 0 Å². The molecule has 0 fully saturated rings. The fourth-order valence-electron chi connectivity index (χ4n) is 7.10. The second-order valence-corrected chi connectivity index (χ2v) is 12.4. The summed E-state index contributed by atoms with van der Waals surface area (Å²) in [5.74, 6) is 0. The quantitative estimate of drug-likeness (QED) is 0.156. The Morgan fingerprint density at radius 1 is 0.490 bits per heavy atom. The smallest absolute Gasteiger partial charge is 0.102 e. The van der Waals surface area contributed by atoms with Crippen molar-refractivity contribution in [3.8, 4) is 6.07 Å². The number of hydrogen-bond acceptors (Lipinski definition) is 4. The third-order valence-corrected chi connectivity index (χ3v) is 9.65. The molecule has 0 unspecified atom stereocenters. The van der Waals surface area contributed by atoms with E-state index in [1.54, 1.807) is 0 Å². The number of nitrogens with two attached hydrogens (primary N) is 1. The van der Waals surface area contributed by atoms with Crippen LogP contribution in [0.3, 0.4) is 0 Å². The van der Waals surface area contributed by atoms with Crippen molar-refractivity contribution in [1.82, 2.24) is 0 Å². The van der Waals surface area contributed by atoms with Crippen molar-refractivity contribution in [1.29, 1.82) is 5.26 Å². The number of anilines is 4. The van der Waals surface area contributed by atoms with Crippen molar-refractivity contribution in [3.05, 3.63) is 190 Å². The Morgan fingerprint density at radius 2 is 0.816 bits per heavy atom. The maximum absolute atomic E-state index is 10.2. The second kappa shape index (κ2) is 12.2. The molecule has 0 atom stereocenters. The predicted molar refractivity (Wildman–Crippen MR) is 205 cm³/mol. The fourth-order valence-corrected chi connectivity index (χ4v) is 7.10. The molecule has 2 N–H and O–H groups in total. The third-order valence-electron chi connectivity index (χ3n) is 9.65. The van der Waals surface area contributed by atoms with Crippen molar-refractivity contribution in [3.63, 3.8) is 0 Å². The van der Waals surface area contributed by atoms with Gasteiger partial charge in [-0.15, -0.1) is 0 Å². The molecule has 49 heavy (non-hydrogen) atoms. The van der Waals surface area contributed by atoms with E-state index in [2.05, 4.69) is 163 Å². The number of benzene rings is 6. The minimum atomic E-state index is 0.457. The highest BCUT2D eigenvalue weighted by Gasteiger charge is 2.24. The van der Waals surface area contributed by atoms with Crippen molar-refractivity contribution in [2.75, 3.05) is 23.9 Å². The van der Waals surface area contributed by atoms with Gasteiger partial charge in [-0.1, -0.05) is 121 Å². The van der Waals surface area contributed by atoms with E-state index in [0.717, 1.165) is 22.3 Å². The Bertz CT molecular complexity index is 2270. The van der Waals surface area contributed by atoms with Crippen LogP contribution in [0.15, 0.2) is 146 Å². The van der Waals surface area contributed by atoms with Crippen LogP contribution in [0.4, 0.5) is 22.7 Å². The number of rotatable bonds is 4. The molecular weight excluding hydrogens is 597 g/mol. The highest BCUT2D eigenvalue weighted by Crippen LogP contribution is 2.46. The molecule has 6 aromatic rings. The van der Waals surface area contributed by atoms with Gasteiger partial charge in [0.25, 0.3) is 0 Å². The number of nitriles is 1. The first-order chi connectivity index (χ1) is 24.0. The van der Waals surface area contributed by atoms with Gasteiger partial charge in [0.05, 0.1) is 11.3 Å². The highest BCUT2D eigenvalue weighted by molar-refractivity contribution is 6.05. The molecule has 2 aliphatic rings. The summed E-state index contributed by atoms with van der Waals surface area (Å²) in [4.78, 5) is 4.49. The van der Waals surface area contributed by atoms with Crippen LogP contribution >= 0.6 is 0 Å². The van der Waals surface area contributed by atoms with Crippen LogP contribution < -0.4 is 15.5 Å². The number of para-hydroxylation sites is 4. The van der Waals surface area contributed by atoms with Crippen LogP contribution in [-0.2, 0) is 0 Å². The third kappa shape index (κ3) is 5.19. The van der Waals surface area contributed by atoms with E-state index in [9.17, 15) is 5.26 Å². The lowest BCUT2D eigenvalue weighted by atomic mass is 9.89. The first kappa shape index (κ1) is 29.8. The molecule has 0 radical (unpaired) electrons. The van der Waals surface area contributed by atoms with Crippen LogP contribution in [0.1, 0.15) is 44.5 Å². The lowest BCUT2D eigenvalue weighted by Gasteiger charge is -2.31. The van der Waals surface area contributed by atoms with Gasteiger partial charge in [-0.25, -0.2) is 0 Å². The molecule has 4 nitrogen and oxygen atoms in total. The molecule has 4 heteroatoms. The van der Waals surface area contributed by atoms with Gasteiger partial charge in [0.15, 0.2) is 0 Å². The first-order valence-electron chi connectivity index (χ1n) is 16.4. The summed E-state index contributed by atoms with van der Waals surface area (Å²) in [6.45, 7) is 0. The van der Waals surface area contributed by atoms with E-state index in [-0.39, 0.29) is 0 Å². The molecule has 0 spiro atoms. The number of fused-ring (bicyclic) bond motifs is 4. The normalized spacial score (nSPS) is 13.3. The SMILES string of the molecule is CN1c2ccccc2C(=Cc2ccc(/C(N)=C(\C#N)c3ccc(C=C4c5ccccc5N(C)c5ccccc54)cc3)cc2)c2ccccc21. The Morgan fingerprint density at radius 3 is 1.16 bits per heavy atom. The minimum Gasteiger partial charge on any atom is -0.397 e. The van der Waals surface area contributed by atoms with Crippen molar-refractivity contribution in [2.24, 2.45) is 5.73 Å². The first-order valence-corrected chi connectivity index (χ1v) is 16.4. The topological polar surface area (TPSA) is 56.3 Å². The van der Waals surface area contributed by atoms with Gasteiger partial charge in [0.2, 0.25) is 0 Å². The van der Waals surface area contributed by atoms with Crippen LogP contribution in [0, 0.1) is 11.3 Å². The van der Waals surface area contributed by atoms with E-state index in [1.165, 1.54) is 56.1 Å². The van der Waals surface area contributed by atoms with Crippen LogP contribution in [0.25, 0.3) is 34.6 Å². The van der Waals surface area contributed by atoms with E-state index in [4.69, 9.17) is 5.73 Å². The number of hydrogen-bond donors (Lipinski definition) is 1. The molecule has 2 aliphatic heterocycles. The fraction of sp³-hybridized carbons (Fsp3) is 0.0444. The Hall–Kier alpha value is -6.57. The summed E-state index contributed by atoms with van der Waals surface area (Å²) in [5, 5.41) is 10.2. The second-order valence-electron chi connectivity index (χ2n) is 12.4. The molecule has 0 saturated carbocycles. The van der Waals surface area contributed by atoms with Gasteiger partial charge in [0, 0.05) is 59.1 Å². The van der Waals surface area contributed by atoms with Crippen molar-refractivity contribution >= 4 is 57.3 Å². The molecule has 0 saturated heterocycles. The van der Waals surface area contributed by atoms with Crippen LogP contribution in [-0.4, -0.2) is 14.1 Å². The molecule has 0 aromatic heterocycles. The van der Waals surface area contributed by atoms with Crippen LogP contribution in [0.2, 0.25) is 0 Å². The lowest BCUT2D eigenvalue weighted by Crippen LogP contribution is -2.17. The van der Waals surface area contributed by atoms with E-state index in [0.29, 0.717) is 11.3 Å². The zero-order valence-electron chi connectivity index (χ0n) is 27.4. The average Bonchev–Trinajstić information content (AvgIpc) is 3.16. The highest BCUT2D eigenvalue weighted by atomic mass is 15.1. The van der Waals surface area contributed by atoms with E-state index in [1.807, 2.05) is 24.3 Å². The Balaban J connectivity index is 1.10. The summed E-state index contributed by atoms with van der Waals surface area (Å²) in [5.41, 5.74) is 23.2. The van der Waals surface area contributed by atoms with Crippen molar-refractivity contribution in [2.45, 2.75) is 0 Å². The maximum Gasteiger partial charge on any atom is 0.102 e. The zero-order chi connectivity index (χ0) is 33.5. The summed E-state index contributed by atoms with van der Waals surface area (Å²) in [7, 11) is 4.23. The van der Waals surface area contributed by atoms with Gasteiger partial charge in [-0.2, -0.15) is 5.26 Å². The summed E-state index contributed by atoms with van der Waals surface area (Å²) in [6.07, 6.45) is 4.45. The molecule has 0 aliphatic carbocycles. The summed E-state index contributed by atoms with van der Waals surface area (Å²) < 4.78 is 0.